The molecule has 0 fully saturated rings. The van der Waals surface area contributed by atoms with Crippen molar-refractivity contribution in [1.82, 2.24) is 5.32 Å². The van der Waals surface area contributed by atoms with E-state index in [1.54, 1.807) is 0 Å². The maximum atomic E-state index is 5.51. The fraction of sp³-hybridized carbons (Fsp3) is 0.167. The monoisotopic (exact) mass is 203 g/mol. The van der Waals surface area contributed by atoms with Crippen molar-refractivity contribution in [3.8, 4) is 11.7 Å². The zero-order valence-electron chi connectivity index (χ0n) is 8.57. The predicted octanol–water partition coefficient (Wildman–Crippen LogP) is 2.79. The molecule has 0 saturated carbocycles. The zero-order chi connectivity index (χ0) is 10.5. The highest BCUT2D eigenvalue weighted by molar-refractivity contribution is 5.26. The van der Waals surface area contributed by atoms with Crippen molar-refractivity contribution in [2.75, 3.05) is 7.05 Å². The van der Waals surface area contributed by atoms with E-state index in [9.17, 15) is 0 Å². The summed E-state index contributed by atoms with van der Waals surface area (Å²) in [5, 5.41) is 3.01. The first-order chi connectivity index (χ1) is 7.38. The number of hydrogen-bond donors (Lipinski definition) is 1. The third-order valence-electron chi connectivity index (χ3n) is 1.95. The normalized spacial score (nSPS) is 10.2. The molecule has 3 nitrogen and oxygen atoms in total. The van der Waals surface area contributed by atoms with E-state index in [1.165, 1.54) is 0 Å². The standard InChI is InChI=1S/C12H13NO2/c1-13-9-11-7-8-12(15-11)14-10-5-3-2-4-6-10/h2-8,13H,9H2,1H3. The maximum Gasteiger partial charge on any atom is 0.290 e. The Bertz CT molecular complexity index is 409. The van der Waals surface area contributed by atoms with Crippen molar-refractivity contribution in [2.24, 2.45) is 0 Å². The Morgan fingerprint density at radius 2 is 1.93 bits per heavy atom. The van der Waals surface area contributed by atoms with Crippen molar-refractivity contribution >= 4 is 0 Å². The van der Waals surface area contributed by atoms with Gasteiger partial charge in [-0.05, 0) is 25.2 Å². The molecule has 0 spiro atoms. The zero-order valence-corrected chi connectivity index (χ0v) is 8.57. The first-order valence-electron chi connectivity index (χ1n) is 4.84. The van der Waals surface area contributed by atoms with E-state index < -0.39 is 0 Å². The molecule has 0 bridgehead atoms. The topological polar surface area (TPSA) is 34.4 Å². The molecule has 0 atom stereocenters. The van der Waals surface area contributed by atoms with Gasteiger partial charge >= 0.3 is 0 Å². The van der Waals surface area contributed by atoms with Crippen molar-refractivity contribution in [1.29, 1.82) is 0 Å². The van der Waals surface area contributed by atoms with Crippen molar-refractivity contribution in [2.45, 2.75) is 6.54 Å². The molecule has 1 aromatic heterocycles. The van der Waals surface area contributed by atoms with Crippen LogP contribution in [0.25, 0.3) is 0 Å². The van der Waals surface area contributed by atoms with Crippen LogP contribution in [-0.4, -0.2) is 7.05 Å². The van der Waals surface area contributed by atoms with Gasteiger partial charge in [-0.2, -0.15) is 0 Å². The first kappa shape index (κ1) is 9.80. The highest BCUT2D eigenvalue weighted by atomic mass is 16.6. The lowest BCUT2D eigenvalue weighted by Gasteiger charge is -2.00. The van der Waals surface area contributed by atoms with Crippen LogP contribution in [0.3, 0.4) is 0 Å². The molecule has 15 heavy (non-hydrogen) atoms. The van der Waals surface area contributed by atoms with Crippen LogP contribution in [0.15, 0.2) is 46.9 Å². The molecule has 0 saturated heterocycles. The lowest BCUT2D eigenvalue weighted by Crippen LogP contribution is -2.03. The predicted molar refractivity (Wildman–Crippen MR) is 58.0 cm³/mol. The molecule has 1 N–H and O–H groups in total. The summed E-state index contributed by atoms with van der Waals surface area (Å²) >= 11 is 0. The van der Waals surface area contributed by atoms with Crippen LogP contribution in [0.2, 0.25) is 0 Å². The van der Waals surface area contributed by atoms with Crippen LogP contribution in [0, 0.1) is 0 Å². The lowest BCUT2D eigenvalue weighted by atomic mass is 10.3. The summed E-state index contributed by atoms with van der Waals surface area (Å²) in [6.45, 7) is 0.706. The van der Waals surface area contributed by atoms with E-state index in [4.69, 9.17) is 9.15 Å². The summed E-state index contributed by atoms with van der Waals surface area (Å²) < 4.78 is 11.0. The van der Waals surface area contributed by atoms with E-state index in [0.29, 0.717) is 12.5 Å². The third-order valence-corrected chi connectivity index (χ3v) is 1.95. The van der Waals surface area contributed by atoms with E-state index in [0.717, 1.165) is 11.5 Å². The van der Waals surface area contributed by atoms with E-state index in [-0.39, 0.29) is 0 Å². The molecular weight excluding hydrogens is 190 g/mol. The molecular formula is C12H13NO2. The van der Waals surface area contributed by atoms with E-state index >= 15 is 0 Å². The van der Waals surface area contributed by atoms with Crippen LogP contribution in [0.1, 0.15) is 5.76 Å². The smallest absolute Gasteiger partial charge is 0.290 e. The molecule has 0 aliphatic carbocycles. The van der Waals surface area contributed by atoms with Crippen LogP contribution >= 0.6 is 0 Å². The quantitative estimate of drug-likeness (QED) is 0.829. The molecule has 0 aliphatic heterocycles. The fourth-order valence-electron chi connectivity index (χ4n) is 1.29. The molecule has 2 rings (SSSR count). The van der Waals surface area contributed by atoms with E-state index in [2.05, 4.69) is 5.32 Å². The minimum atomic E-state index is 0.520. The Balaban J connectivity index is 2.05. The van der Waals surface area contributed by atoms with Crippen molar-refractivity contribution < 1.29 is 9.15 Å². The summed E-state index contributed by atoms with van der Waals surface area (Å²) in [7, 11) is 1.88. The number of rotatable bonds is 4. The summed E-state index contributed by atoms with van der Waals surface area (Å²) in [5.41, 5.74) is 0. The average Bonchev–Trinajstić information content (AvgIpc) is 2.68. The number of para-hydroxylation sites is 1. The second-order valence-corrected chi connectivity index (χ2v) is 3.17. The molecule has 0 unspecified atom stereocenters. The summed E-state index contributed by atoms with van der Waals surface area (Å²) in [6, 6.07) is 13.3. The Hall–Kier alpha value is -1.74. The maximum absolute atomic E-state index is 5.51. The van der Waals surface area contributed by atoms with Gasteiger partial charge in [0.15, 0.2) is 0 Å². The lowest BCUT2D eigenvalue weighted by molar-refractivity contribution is 0.330. The van der Waals surface area contributed by atoms with Crippen LogP contribution in [0.5, 0.6) is 11.7 Å². The largest absolute Gasteiger partial charge is 0.429 e. The van der Waals surface area contributed by atoms with E-state index in [1.807, 2.05) is 49.5 Å². The highest BCUT2D eigenvalue weighted by Crippen LogP contribution is 2.23. The molecule has 1 heterocycles. The summed E-state index contributed by atoms with van der Waals surface area (Å²) in [5.74, 6) is 2.16. The molecule has 3 heteroatoms. The Labute approximate surface area is 88.7 Å². The van der Waals surface area contributed by atoms with Gasteiger partial charge < -0.3 is 14.5 Å². The second kappa shape index (κ2) is 4.66. The van der Waals surface area contributed by atoms with Crippen LogP contribution < -0.4 is 10.1 Å². The van der Waals surface area contributed by atoms with Crippen LogP contribution in [0.4, 0.5) is 0 Å². The molecule has 0 amide bonds. The number of ether oxygens (including phenoxy) is 1. The number of nitrogens with one attached hydrogen (secondary N) is 1. The molecule has 78 valence electrons. The molecule has 0 aliphatic rings. The van der Waals surface area contributed by atoms with Gasteiger partial charge in [-0.3, -0.25) is 0 Å². The SMILES string of the molecule is CNCc1ccc(Oc2ccccc2)o1. The highest BCUT2D eigenvalue weighted by Gasteiger charge is 2.02. The molecule has 0 radical (unpaired) electrons. The molecule has 2 aromatic rings. The number of benzene rings is 1. The Kier molecular flexibility index (Phi) is 3.05. The van der Waals surface area contributed by atoms with Gasteiger partial charge in [0.2, 0.25) is 0 Å². The fourth-order valence-corrected chi connectivity index (χ4v) is 1.29. The minimum absolute atomic E-state index is 0.520. The molecule has 1 aromatic carbocycles. The van der Waals surface area contributed by atoms with Gasteiger partial charge in [-0.1, -0.05) is 18.2 Å². The average molecular weight is 203 g/mol. The minimum Gasteiger partial charge on any atom is -0.429 e. The van der Waals surface area contributed by atoms with Gasteiger partial charge in [0.05, 0.1) is 6.54 Å². The van der Waals surface area contributed by atoms with Gasteiger partial charge in [-0.25, -0.2) is 0 Å². The van der Waals surface area contributed by atoms with Crippen molar-refractivity contribution in [3.63, 3.8) is 0 Å². The van der Waals surface area contributed by atoms with Gasteiger partial charge in [0, 0.05) is 6.07 Å². The third kappa shape index (κ3) is 2.60. The Morgan fingerprint density at radius 1 is 1.13 bits per heavy atom. The van der Waals surface area contributed by atoms with Gasteiger partial charge in [0.1, 0.15) is 11.5 Å². The summed E-state index contributed by atoms with van der Waals surface area (Å²) in [6.07, 6.45) is 0. The van der Waals surface area contributed by atoms with Gasteiger partial charge in [-0.15, -0.1) is 0 Å². The first-order valence-corrected chi connectivity index (χ1v) is 4.84. The second-order valence-electron chi connectivity index (χ2n) is 3.17. The van der Waals surface area contributed by atoms with Crippen molar-refractivity contribution in [3.05, 3.63) is 48.2 Å². The number of hydrogen-bond acceptors (Lipinski definition) is 3. The Morgan fingerprint density at radius 3 is 2.67 bits per heavy atom. The van der Waals surface area contributed by atoms with Crippen LogP contribution in [-0.2, 0) is 6.54 Å². The summed E-state index contributed by atoms with van der Waals surface area (Å²) in [4.78, 5) is 0. The number of furan rings is 1. The van der Waals surface area contributed by atoms with Gasteiger partial charge in [0.25, 0.3) is 5.95 Å².